The third-order valence-electron chi connectivity index (χ3n) is 3.31. The predicted octanol–water partition coefficient (Wildman–Crippen LogP) is 5.92. The third kappa shape index (κ3) is 4.35. The molecule has 0 spiro atoms. The van der Waals surface area contributed by atoms with Crippen molar-refractivity contribution in [3.8, 4) is 5.75 Å². The summed E-state index contributed by atoms with van der Waals surface area (Å²) in [5.74, 6) is 0.971. The van der Waals surface area contributed by atoms with Crippen molar-refractivity contribution >= 4 is 31.9 Å². The number of alkyl halides is 1. The van der Waals surface area contributed by atoms with Gasteiger partial charge in [-0.1, -0.05) is 62.2 Å². The lowest BCUT2D eigenvalue weighted by Crippen LogP contribution is -1.95. The Labute approximate surface area is 137 Å². The molecule has 1 unspecified atom stereocenters. The van der Waals surface area contributed by atoms with Gasteiger partial charge in [-0.2, -0.15) is 0 Å². The zero-order chi connectivity index (χ0) is 14.4. The zero-order valence-corrected chi connectivity index (χ0v) is 14.7. The minimum absolute atomic E-state index is 0.418. The van der Waals surface area contributed by atoms with E-state index in [0.29, 0.717) is 4.83 Å². The highest BCUT2D eigenvalue weighted by Gasteiger charge is 2.08. The van der Waals surface area contributed by atoms with Crippen LogP contribution in [-0.2, 0) is 6.42 Å². The highest BCUT2D eigenvalue weighted by atomic mass is 79.9. The van der Waals surface area contributed by atoms with Crippen LogP contribution in [0.3, 0.4) is 0 Å². The van der Waals surface area contributed by atoms with E-state index in [-0.39, 0.29) is 0 Å². The molecule has 0 amide bonds. The van der Waals surface area contributed by atoms with Gasteiger partial charge in [0.15, 0.2) is 0 Å². The Bertz CT molecular complexity index is 540. The van der Waals surface area contributed by atoms with Crippen LogP contribution in [0.2, 0.25) is 0 Å². The van der Waals surface area contributed by atoms with Gasteiger partial charge in [-0.25, -0.2) is 0 Å². The minimum Gasteiger partial charge on any atom is -0.496 e. The second-order valence-corrected chi connectivity index (χ2v) is 6.75. The largest absolute Gasteiger partial charge is 0.496 e. The molecule has 1 nitrogen and oxygen atoms in total. The SMILES string of the molecule is COc1ccc(Br)cc1CCCC(Br)c1ccccc1. The molecule has 1 atom stereocenters. The summed E-state index contributed by atoms with van der Waals surface area (Å²) in [6.45, 7) is 0. The molecule has 2 aromatic rings. The maximum Gasteiger partial charge on any atom is 0.122 e. The van der Waals surface area contributed by atoms with Crippen molar-refractivity contribution in [3.05, 3.63) is 64.1 Å². The predicted molar refractivity (Wildman–Crippen MR) is 91.7 cm³/mol. The van der Waals surface area contributed by atoms with Crippen LogP contribution in [0.4, 0.5) is 0 Å². The minimum atomic E-state index is 0.418. The summed E-state index contributed by atoms with van der Waals surface area (Å²) >= 11 is 7.29. The first-order valence-corrected chi connectivity index (χ1v) is 8.43. The first kappa shape index (κ1) is 15.6. The normalized spacial score (nSPS) is 12.2. The fourth-order valence-electron chi connectivity index (χ4n) is 2.24. The molecule has 0 saturated carbocycles. The van der Waals surface area contributed by atoms with Gasteiger partial charge in [0.25, 0.3) is 0 Å². The van der Waals surface area contributed by atoms with Crippen LogP contribution in [0.1, 0.15) is 28.8 Å². The Balaban J connectivity index is 1.91. The summed E-state index contributed by atoms with van der Waals surface area (Å²) in [4.78, 5) is 0.418. The monoisotopic (exact) mass is 396 g/mol. The summed E-state index contributed by atoms with van der Waals surface area (Å²) in [7, 11) is 1.73. The molecule has 0 fully saturated rings. The van der Waals surface area contributed by atoms with E-state index in [9.17, 15) is 0 Å². The Morgan fingerprint density at radius 3 is 2.55 bits per heavy atom. The zero-order valence-electron chi connectivity index (χ0n) is 11.5. The Morgan fingerprint density at radius 1 is 1.10 bits per heavy atom. The van der Waals surface area contributed by atoms with Crippen molar-refractivity contribution < 1.29 is 4.74 Å². The Hall–Kier alpha value is -0.800. The van der Waals surface area contributed by atoms with E-state index in [0.717, 1.165) is 29.5 Å². The molecule has 0 aliphatic heterocycles. The lowest BCUT2D eigenvalue weighted by atomic mass is 10.0. The molecule has 0 N–H and O–H groups in total. The van der Waals surface area contributed by atoms with E-state index >= 15 is 0 Å². The van der Waals surface area contributed by atoms with Gasteiger partial charge in [-0.15, -0.1) is 0 Å². The summed E-state index contributed by atoms with van der Waals surface area (Å²) < 4.78 is 6.51. The maximum absolute atomic E-state index is 5.41. The molecule has 3 heteroatoms. The molecule has 106 valence electrons. The van der Waals surface area contributed by atoms with Gasteiger partial charge in [0.05, 0.1) is 7.11 Å². The fraction of sp³-hybridized carbons (Fsp3) is 0.294. The molecule has 0 aliphatic rings. The molecule has 0 heterocycles. The quantitative estimate of drug-likeness (QED) is 0.550. The summed E-state index contributed by atoms with van der Waals surface area (Å²) in [6, 6.07) is 16.7. The van der Waals surface area contributed by atoms with Crippen LogP contribution < -0.4 is 4.74 Å². The molecule has 0 aromatic heterocycles. The van der Waals surface area contributed by atoms with Crippen LogP contribution >= 0.6 is 31.9 Å². The van der Waals surface area contributed by atoms with Crippen LogP contribution in [0, 0.1) is 0 Å². The number of rotatable bonds is 6. The van der Waals surface area contributed by atoms with Crippen molar-refractivity contribution in [2.45, 2.75) is 24.1 Å². The summed E-state index contributed by atoms with van der Waals surface area (Å²) in [5.41, 5.74) is 2.60. The molecule has 0 radical (unpaired) electrons. The Kier molecular flexibility index (Phi) is 6.11. The highest BCUT2D eigenvalue weighted by Crippen LogP contribution is 2.30. The number of ether oxygens (including phenoxy) is 1. The van der Waals surface area contributed by atoms with E-state index in [1.807, 2.05) is 12.1 Å². The smallest absolute Gasteiger partial charge is 0.122 e. The van der Waals surface area contributed by atoms with E-state index in [1.165, 1.54) is 11.1 Å². The topological polar surface area (TPSA) is 9.23 Å². The van der Waals surface area contributed by atoms with Gasteiger partial charge in [0.2, 0.25) is 0 Å². The van der Waals surface area contributed by atoms with Gasteiger partial charge in [0, 0.05) is 9.30 Å². The van der Waals surface area contributed by atoms with Crippen molar-refractivity contribution in [1.29, 1.82) is 0 Å². The first-order valence-electron chi connectivity index (χ1n) is 6.72. The van der Waals surface area contributed by atoms with E-state index in [4.69, 9.17) is 4.74 Å². The molecule has 0 aliphatic carbocycles. The van der Waals surface area contributed by atoms with Crippen molar-refractivity contribution in [3.63, 3.8) is 0 Å². The molecular weight excluding hydrogens is 380 g/mol. The first-order chi connectivity index (χ1) is 9.70. The second kappa shape index (κ2) is 7.84. The van der Waals surface area contributed by atoms with Crippen LogP contribution in [0.5, 0.6) is 5.75 Å². The van der Waals surface area contributed by atoms with Crippen molar-refractivity contribution in [1.82, 2.24) is 0 Å². The highest BCUT2D eigenvalue weighted by molar-refractivity contribution is 9.10. The summed E-state index contributed by atoms with van der Waals surface area (Å²) in [6.07, 6.45) is 3.26. The van der Waals surface area contributed by atoms with E-state index < -0.39 is 0 Å². The average Bonchev–Trinajstić information content (AvgIpc) is 2.48. The third-order valence-corrected chi connectivity index (χ3v) is 4.79. The standard InChI is InChI=1S/C17H18Br2O/c1-20-17-11-10-15(18)12-14(17)8-5-9-16(19)13-6-3-2-4-7-13/h2-4,6-7,10-12,16H,5,8-9H2,1H3. The number of benzene rings is 2. The van der Waals surface area contributed by atoms with E-state index in [2.05, 4.69) is 68.3 Å². The number of hydrogen-bond donors (Lipinski definition) is 0. The number of aryl methyl sites for hydroxylation is 1. The fourth-order valence-corrected chi connectivity index (χ4v) is 3.28. The lowest BCUT2D eigenvalue weighted by Gasteiger charge is -2.12. The maximum atomic E-state index is 5.41. The van der Waals surface area contributed by atoms with E-state index in [1.54, 1.807) is 7.11 Å². The van der Waals surface area contributed by atoms with Crippen LogP contribution in [0.15, 0.2) is 53.0 Å². The lowest BCUT2D eigenvalue weighted by molar-refractivity contribution is 0.409. The van der Waals surface area contributed by atoms with Gasteiger partial charge in [-0.3, -0.25) is 0 Å². The number of hydrogen-bond acceptors (Lipinski definition) is 1. The molecule has 2 aromatic carbocycles. The van der Waals surface area contributed by atoms with Gasteiger partial charge in [-0.05, 0) is 48.6 Å². The van der Waals surface area contributed by atoms with Crippen molar-refractivity contribution in [2.75, 3.05) is 7.11 Å². The van der Waals surface area contributed by atoms with Crippen LogP contribution in [0.25, 0.3) is 0 Å². The van der Waals surface area contributed by atoms with Gasteiger partial charge >= 0.3 is 0 Å². The summed E-state index contributed by atoms with van der Waals surface area (Å²) in [5, 5.41) is 0. The Morgan fingerprint density at radius 2 is 1.85 bits per heavy atom. The molecular formula is C17H18Br2O. The van der Waals surface area contributed by atoms with Gasteiger partial charge in [0.1, 0.15) is 5.75 Å². The number of methoxy groups -OCH3 is 1. The number of halogens is 2. The average molecular weight is 398 g/mol. The van der Waals surface area contributed by atoms with Gasteiger partial charge < -0.3 is 4.74 Å². The molecule has 20 heavy (non-hydrogen) atoms. The molecule has 0 bridgehead atoms. The molecule has 0 saturated heterocycles. The van der Waals surface area contributed by atoms with Crippen LogP contribution in [-0.4, -0.2) is 7.11 Å². The molecule has 2 rings (SSSR count). The van der Waals surface area contributed by atoms with Crippen molar-refractivity contribution in [2.24, 2.45) is 0 Å². The second-order valence-electron chi connectivity index (χ2n) is 4.73.